The number of aryl methyl sites for hydroxylation is 2. The lowest BCUT2D eigenvalue weighted by molar-refractivity contribution is 0.102. The number of nitrogens with one attached hydrogen (secondary N) is 1. The Morgan fingerprint density at radius 2 is 1.93 bits per heavy atom. The van der Waals surface area contributed by atoms with Gasteiger partial charge in [0.25, 0.3) is 5.91 Å². The molecular formula is C22H22N4O2. The highest BCUT2D eigenvalue weighted by molar-refractivity contribution is 6.08. The summed E-state index contributed by atoms with van der Waals surface area (Å²) in [5, 5.41) is 9.44. The highest BCUT2D eigenvalue weighted by atomic mass is 16.5. The number of amides is 1. The molecule has 6 heteroatoms. The van der Waals surface area contributed by atoms with E-state index in [2.05, 4.69) is 30.3 Å². The predicted molar refractivity (Wildman–Crippen MR) is 111 cm³/mol. The molecule has 0 fully saturated rings. The third-order valence-electron chi connectivity index (χ3n) is 4.69. The molecule has 0 saturated heterocycles. The number of hydrogen-bond acceptors (Lipinski definition) is 4. The van der Waals surface area contributed by atoms with Crippen LogP contribution in [0, 0.1) is 6.92 Å². The maximum absolute atomic E-state index is 12.7. The van der Waals surface area contributed by atoms with Gasteiger partial charge >= 0.3 is 0 Å². The fourth-order valence-corrected chi connectivity index (χ4v) is 3.26. The predicted octanol–water partition coefficient (Wildman–Crippen LogP) is 4.56. The second-order valence-corrected chi connectivity index (χ2v) is 6.81. The van der Waals surface area contributed by atoms with Crippen molar-refractivity contribution in [3.63, 3.8) is 0 Å². The van der Waals surface area contributed by atoms with E-state index in [1.54, 1.807) is 31.4 Å². The van der Waals surface area contributed by atoms with E-state index in [1.807, 2.05) is 22.9 Å². The molecule has 0 aliphatic heterocycles. The molecule has 1 amide bonds. The van der Waals surface area contributed by atoms with Crippen molar-refractivity contribution in [1.29, 1.82) is 0 Å². The number of hydrogen-bond donors (Lipinski definition) is 1. The molecule has 0 spiro atoms. The Balaban J connectivity index is 1.77. The topological polar surface area (TPSA) is 69.0 Å². The van der Waals surface area contributed by atoms with Crippen LogP contribution in [0.1, 0.15) is 29.3 Å². The minimum absolute atomic E-state index is 0.213. The van der Waals surface area contributed by atoms with E-state index < -0.39 is 0 Å². The first kappa shape index (κ1) is 18.0. The number of methoxy groups -OCH3 is 1. The number of fused-ring (bicyclic) bond motifs is 2. The molecule has 4 aromatic rings. The number of carbonyl (C=O) groups is 1. The van der Waals surface area contributed by atoms with Crippen LogP contribution >= 0.6 is 0 Å². The van der Waals surface area contributed by atoms with Crippen molar-refractivity contribution in [1.82, 2.24) is 14.8 Å². The second-order valence-electron chi connectivity index (χ2n) is 6.81. The van der Waals surface area contributed by atoms with Gasteiger partial charge in [-0.2, -0.15) is 5.10 Å². The fourth-order valence-electron chi connectivity index (χ4n) is 3.26. The third kappa shape index (κ3) is 3.29. The Labute approximate surface area is 163 Å². The van der Waals surface area contributed by atoms with Crippen LogP contribution in [0.4, 0.5) is 5.82 Å². The van der Waals surface area contributed by atoms with Crippen molar-refractivity contribution in [2.24, 2.45) is 0 Å². The summed E-state index contributed by atoms with van der Waals surface area (Å²) in [5.74, 6) is 1.02. The maximum Gasteiger partial charge on any atom is 0.256 e. The number of anilines is 1. The number of rotatable bonds is 5. The third-order valence-corrected chi connectivity index (χ3v) is 4.69. The van der Waals surface area contributed by atoms with E-state index in [1.165, 1.54) is 5.56 Å². The average molecular weight is 374 g/mol. The van der Waals surface area contributed by atoms with Gasteiger partial charge in [0.2, 0.25) is 0 Å². The van der Waals surface area contributed by atoms with Crippen LogP contribution in [0.2, 0.25) is 0 Å². The van der Waals surface area contributed by atoms with Crippen molar-refractivity contribution >= 4 is 33.7 Å². The molecular weight excluding hydrogens is 352 g/mol. The van der Waals surface area contributed by atoms with Crippen LogP contribution in [-0.2, 0) is 6.54 Å². The van der Waals surface area contributed by atoms with Gasteiger partial charge in [0.15, 0.2) is 11.5 Å². The number of aromatic nitrogens is 3. The Morgan fingerprint density at radius 3 is 2.64 bits per heavy atom. The molecule has 6 nitrogen and oxygen atoms in total. The van der Waals surface area contributed by atoms with E-state index in [0.29, 0.717) is 17.1 Å². The van der Waals surface area contributed by atoms with E-state index in [4.69, 9.17) is 9.72 Å². The molecule has 142 valence electrons. The molecule has 0 radical (unpaired) electrons. The van der Waals surface area contributed by atoms with Crippen molar-refractivity contribution in [3.05, 3.63) is 59.7 Å². The molecule has 2 aromatic heterocycles. The van der Waals surface area contributed by atoms with Crippen LogP contribution < -0.4 is 10.1 Å². The normalized spacial score (nSPS) is 11.1. The summed E-state index contributed by atoms with van der Waals surface area (Å²) in [7, 11) is 1.60. The Bertz CT molecular complexity index is 1160. The fraction of sp³-hybridized carbons (Fsp3) is 0.227. The highest BCUT2D eigenvalue weighted by Gasteiger charge is 2.16. The Morgan fingerprint density at radius 1 is 1.14 bits per heavy atom. The van der Waals surface area contributed by atoms with Crippen LogP contribution in [0.15, 0.2) is 48.5 Å². The molecule has 0 atom stereocenters. The van der Waals surface area contributed by atoms with Crippen LogP contribution in [-0.4, -0.2) is 27.8 Å². The van der Waals surface area contributed by atoms with Gasteiger partial charge in [-0.25, -0.2) is 9.67 Å². The molecule has 0 saturated carbocycles. The summed E-state index contributed by atoms with van der Waals surface area (Å²) >= 11 is 0. The monoisotopic (exact) mass is 374 g/mol. The molecule has 0 aliphatic rings. The Kier molecular flexibility index (Phi) is 4.69. The van der Waals surface area contributed by atoms with Crippen molar-refractivity contribution in [2.75, 3.05) is 12.4 Å². The zero-order valence-electron chi connectivity index (χ0n) is 16.2. The van der Waals surface area contributed by atoms with Crippen molar-refractivity contribution in [2.45, 2.75) is 26.8 Å². The zero-order valence-corrected chi connectivity index (χ0v) is 16.2. The first-order valence-corrected chi connectivity index (χ1v) is 9.32. The van der Waals surface area contributed by atoms with E-state index in [-0.39, 0.29) is 5.91 Å². The molecule has 2 aromatic carbocycles. The standard InChI is InChI=1S/C22H22N4O2/c1-4-11-26-21-18(13-16-12-14(2)5-10-19(16)23-21)20(25-26)24-22(27)15-6-8-17(28-3)9-7-15/h5-10,12-13H,4,11H2,1-3H3,(H,24,25,27). The summed E-state index contributed by atoms with van der Waals surface area (Å²) in [4.78, 5) is 17.5. The lowest BCUT2D eigenvalue weighted by Crippen LogP contribution is -2.12. The lowest BCUT2D eigenvalue weighted by atomic mass is 10.1. The number of pyridine rings is 1. The van der Waals surface area contributed by atoms with Gasteiger partial charge in [0.1, 0.15) is 5.75 Å². The number of carbonyl (C=O) groups excluding carboxylic acids is 1. The van der Waals surface area contributed by atoms with Crippen molar-refractivity contribution in [3.8, 4) is 5.75 Å². The van der Waals surface area contributed by atoms with Gasteiger partial charge < -0.3 is 10.1 Å². The summed E-state index contributed by atoms with van der Waals surface area (Å²) in [6.07, 6.45) is 0.927. The first-order chi connectivity index (χ1) is 13.6. The minimum Gasteiger partial charge on any atom is -0.497 e. The molecule has 1 N–H and O–H groups in total. The largest absolute Gasteiger partial charge is 0.497 e. The van der Waals surface area contributed by atoms with E-state index in [9.17, 15) is 4.79 Å². The van der Waals surface area contributed by atoms with Crippen LogP contribution in [0.3, 0.4) is 0 Å². The van der Waals surface area contributed by atoms with Crippen molar-refractivity contribution < 1.29 is 9.53 Å². The zero-order chi connectivity index (χ0) is 19.7. The minimum atomic E-state index is -0.213. The summed E-state index contributed by atoms with van der Waals surface area (Å²) < 4.78 is 7.01. The molecule has 0 bridgehead atoms. The molecule has 28 heavy (non-hydrogen) atoms. The molecule has 2 heterocycles. The quantitative estimate of drug-likeness (QED) is 0.556. The SMILES string of the molecule is CCCn1nc(NC(=O)c2ccc(OC)cc2)c2cc3cc(C)ccc3nc21. The van der Waals surface area contributed by atoms with Gasteiger partial charge in [-0.1, -0.05) is 18.6 Å². The summed E-state index contributed by atoms with van der Waals surface area (Å²) in [5.41, 5.74) is 3.41. The van der Waals surface area contributed by atoms with Gasteiger partial charge in [-0.15, -0.1) is 0 Å². The molecule has 4 rings (SSSR count). The second kappa shape index (κ2) is 7.31. The molecule has 0 unspecified atom stereocenters. The van der Waals surface area contributed by atoms with E-state index >= 15 is 0 Å². The maximum atomic E-state index is 12.7. The van der Waals surface area contributed by atoms with Crippen LogP contribution in [0.5, 0.6) is 5.75 Å². The smallest absolute Gasteiger partial charge is 0.256 e. The first-order valence-electron chi connectivity index (χ1n) is 9.32. The summed E-state index contributed by atoms with van der Waals surface area (Å²) in [6, 6.07) is 15.2. The summed E-state index contributed by atoms with van der Waals surface area (Å²) in [6.45, 7) is 4.88. The highest BCUT2D eigenvalue weighted by Crippen LogP contribution is 2.27. The van der Waals surface area contributed by atoms with Gasteiger partial charge in [0, 0.05) is 17.5 Å². The van der Waals surface area contributed by atoms with Gasteiger partial charge in [0.05, 0.1) is 18.0 Å². The number of ether oxygens (including phenoxy) is 1. The van der Waals surface area contributed by atoms with Gasteiger partial charge in [-0.05, 0) is 55.8 Å². The lowest BCUT2D eigenvalue weighted by Gasteiger charge is -2.04. The Hall–Kier alpha value is -3.41. The van der Waals surface area contributed by atoms with E-state index in [0.717, 1.165) is 34.9 Å². The average Bonchev–Trinajstić information content (AvgIpc) is 3.03. The van der Waals surface area contributed by atoms with Gasteiger partial charge in [-0.3, -0.25) is 4.79 Å². The van der Waals surface area contributed by atoms with Crippen LogP contribution in [0.25, 0.3) is 21.9 Å². The number of nitrogens with zero attached hydrogens (tertiary/aromatic N) is 3. The molecule has 0 aliphatic carbocycles. The number of benzene rings is 2.